The van der Waals surface area contributed by atoms with E-state index in [2.05, 4.69) is 20.9 Å². The highest BCUT2D eigenvalue weighted by Gasteiger charge is 2.24. The van der Waals surface area contributed by atoms with Crippen molar-refractivity contribution < 1.29 is 19.1 Å². The molecule has 3 rings (SSSR count). The maximum absolute atomic E-state index is 13.2. The van der Waals surface area contributed by atoms with E-state index in [-0.39, 0.29) is 22.6 Å². The van der Waals surface area contributed by atoms with Crippen molar-refractivity contribution in [2.24, 2.45) is 0 Å². The third-order valence-electron chi connectivity index (χ3n) is 3.57. The maximum Gasteiger partial charge on any atom is 0.211 e. The summed E-state index contributed by atoms with van der Waals surface area (Å²) in [7, 11) is 0. The van der Waals surface area contributed by atoms with E-state index >= 15 is 0 Å². The minimum Gasteiger partial charge on any atom is -0.508 e. The third kappa shape index (κ3) is 2.81. The van der Waals surface area contributed by atoms with Crippen molar-refractivity contribution >= 4 is 39.0 Å². The molecule has 0 spiro atoms. The Bertz CT molecular complexity index is 1090. The summed E-state index contributed by atoms with van der Waals surface area (Å²) >= 11 is 9.50. The first-order valence-electron chi connectivity index (χ1n) is 8.45. The first-order valence-corrected chi connectivity index (χ1v) is 8.12. The molecule has 2 heterocycles. The number of aliphatic hydroxyl groups excluding tert-OH is 1. The second kappa shape index (κ2) is 6.20. The van der Waals surface area contributed by atoms with Gasteiger partial charge in [0.1, 0.15) is 17.1 Å². The lowest BCUT2D eigenvalue weighted by Crippen LogP contribution is -2.10. The number of benzene rings is 1. The zero-order valence-corrected chi connectivity index (χ0v) is 15.0. The van der Waals surface area contributed by atoms with Gasteiger partial charge in [0.05, 0.1) is 15.9 Å². The van der Waals surface area contributed by atoms with Gasteiger partial charge in [0, 0.05) is 27.3 Å². The van der Waals surface area contributed by atoms with Crippen LogP contribution >= 0.6 is 27.5 Å². The summed E-state index contributed by atoms with van der Waals surface area (Å²) in [5.74, 6) is -1.30. The Morgan fingerprint density at radius 3 is 2.83 bits per heavy atom. The van der Waals surface area contributed by atoms with E-state index in [1.165, 1.54) is 13.0 Å². The number of aromatic hydroxyl groups is 1. The average molecular weight is 413 g/mol. The van der Waals surface area contributed by atoms with E-state index in [0.29, 0.717) is 9.50 Å². The Balaban J connectivity index is 2.40. The van der Waals surface area contributed by atoms with Crippen LogP contribution < -0.4 is 0 Å². The largest absolute Gasteiger partial charge is 0.508 e. The fourth-order valence-electron chi connectivity index (χ4n) is 2.30. The second-order valence-electron chi connectivity index (χ2n) is 5.29. The van der Waals surface area contributed by atoms with Crippen LogP contribution in [0, 0.1) is 6.92 Å². The highest BCUT2D eigenvalue weighted by molar-refractivity contribution is 9.10. The molecule has 0 aliphatic rings. The van der Waals surface area contributed by atoms with Gasteiger partial charge in [0.2, 0.25) is 5.78 Å². The van der Waals surface area contributed by atoms with Gasteiger partial charge in [0.25, 0.3) is 0 Å². The Morgan fingerprint density at radius 1 is 1.50 bits per heavy atom. The predicted molar refractivity (Wildman–Crippen MR) is 94.8 cm³/mol. The maximum atomic E-state index is 13.2. The van der Waals surface area contributed by atoms with Gasteiger partial charge in [-0.15, -0.1) is 0 Å². The molecule has 2 aromatic heterocycles. The number of fused-ring (bicyclic) bond motifs is 1. The lowest BCUT2D eigenvalue weighted by Gasteiger charge is -2.09. The second-order valence-corrected chi connectivity index (χ2v) is 6.55. The van der Waals surface area contributed by atoms with Gasteiger partial charge in [0.15, 0.2) is 0 Å². The third-order valence-corrected chi connectivity index (χ3v) is 4.79. The predicted octanol–water partition coefficient (Wildman–Crippen LogP) is 4.05. The molecule has 1 atom stereocenters. The molecule has 0 radical (unpaired) electrons. The lowest BCUT2D eigenvalue weighted by molar-refractivity contribution is 0.102. The minimum atomic E-state index is -1.18. The number of hydrogen-bond donors (Lipinski definition) is 2. The van der Waals surface area contributed by atoms with E-state index in [4.69, 9.17) is 15.7 Å². The van der Waals surface area contributed by atoms with Crippen molar-refractivity contribution in [3.8, 4) is 5.75 Å². The molecule has 0 bridgehead atoms. The highest BCUT2D eigenvalue weighted by atomic mass is 79.9. The summed E-state index contributed by atoms with van der Waals surface area (Å²) in [6.45, 7) is 3.17. The van der Waals surface area contributed by atoms with E-state index in [1.54, 1.807) is 13.0 Å². The molecular weight excluding hydrogens is 396 g/mol. The number of halogens is 2. The number of ketones is 1. The minimum absolute atomic E-state index is 0.0557. The Morgan fingerprint density at radius 2 is 2.21 bits per heavy atom. The highest BCUT2D eigenvalue weighted by Crippen LogP contribution is 2.29. The molecule has 0 aliphatic carbocycles. The zero-order valence-electron chi connectivity index (χ0n) is 15.7. The lowest BCUT2D eigenvalue weighted by atomic mass is 10.0. The molecule has 0 fully saturated rings. The number of carbonyl (C=O) groups is 1. The number of rotatable bonds is 3. The summed E-state index contributed by atoms with van der Waals surface area (Å²) < 4.78 is 25.5. The van der Waals surface area contributed by atoms with E-state index in [0.717, 1.165) is 9.96 Å². The van der Waals surface area contributed by atoms with Crippen molar-refractivity contribution in [1.82, 2.24) is 9.38 Å². The quantitative estimate of drug-likeness (QED) is 0.637. The molecule has 124 valence electrons. The summed E-state index contributed by atoms with van der Waals surface area (Å²) in [6.07, 6.45) is -1.69. The molecule has 24 heavy (non-hydrogen) atoms. The molecule has 1 aromatic carbocycles. The molecule has 0 amide bonds. The number of aliphatic hydroxyl groups is 1. The van der Waals surface area contributed by atoms with Crippen molar-refractivity contribution in [2.45, 2.75) is 20.0 Å². The monoisotopic (exact) mass is 411 g/mol. The fourth-order valence-corrected chi connectivity index (χ4v) is 3.09. The first-order chi connectivity index (χ1) is 12.6. The number of aromatic nitrogens is 2. The van der Waals surface area contributed by atoms with Crippen LogP contribution in [0.15, 0.2) is 34.9 Å². The van der Waals surface area contributed by atoms with E-state index in [1.807, 2.05) is 0 Å². The molecular formula is C17H14BrClN2O3. The Kier molecular flexibility index (Phi) is 3.46. The van der Waals surface area contributed by atoms with E-state index < -0.39 is 35.9 Å². The van der Waals surface area contributed by atoms with Gasteiger partial charge < -0.3 is 10.2 Å². The van der Waals surface area contributed by atoms with E-state index in [9.17, 15) is 15.0 Å². The summed E-state index contributed by atoms with van der Waals surface area (Å²) in [4.78, 5) is 17.3. The van der Waals surface area contributed by atoms with Crippen LogP contribution in [0.5, 0.6) is 5.75 Å². The molecule has 7 heteroatoms. The zero-order chi connectivity index (χ0) is 20.2. The number of nitrogens with zero attached hydrogens (tertiary/aromatic N) is 2. The summed E-state index contributed by atoms with van der Waals surface area (Å²) in [5, 5.41) is 20.3. The van der Waals surface area contributed by atoms with Crippen LogP contribution in [0.3, 0.4) is 0 Å². The molecule has 2 N–H and O–H groups in total. The van der Waals surface area contributed by atoms with Gasteiger partial charge >= 0.3 is 0 Å². The first kappa shape index (κ1) is 13.4. The smallest absolute Gasteiger partial charge is 0.211 e. The van der Waals surface area contributed by atoms with Crippen LogP contribution in [-0.2, 0) is 0 Å². The molecule has 0 aliphatic heterocycles. The van der Waals surface area contributed by atoms with Crippen molar-refractivity contribution in [2.75, 3.05) is 0 Å². The van der Waals surface area contributed by atoms with Crippen LogP contribution in [-0.4, -0.2) is 25.4 Å². The Labute approximate surface area is 155 Å². The number of imidazole rings is 1. The van der Waals surface area contributed by atoms with Crippen LogP contribution in [0.2, 0.25) is 5.02 Å². The van der Waals surface area contributed by atoms with Gasteiger partial charge in [-0.3, -0.25) is 9.20 Å². The van der Waals surface area contributed by atoms with Crippen molar-refractivity contribution in [3.63, 3.8) is 0 Å². The van der Waals surface area contributed by atoms with Crippen LogP contribution in [0.4, 0.5) is 0 Å². The molecule has 3 aromatic rings. The van der Waals surface area contributed by atoms with Gasteiger partial charge in [-0.1, -0.05) is 27.5 Å². The standard InChI is InChI=1S/C17H14BrClN2O3/c1-8-12(18)5-10(6-13(8)19)17(24)16-15(9(2)22)20-14-7-11(23)3-4-21(14)16/h3-7,9,22-23H,1-2H3/i3D,4D,7D. The van der Waals surface area contributed by atoms with Crippen LogP contribution in [0.25, 0.3) is 5.65 Å². The van der Waals surface area contributed by atoms with Gasteiger partial charge in [-0.05, 0) is 37.6 Å². The average Bonchev–Trinajstić information content (AvgIpc) is 3.02. The Hall–Kier alpha value is -1.89. The summed E-state index contributed by atoms with van der Waals surface area (Å²) in [6, 6.07) is 1.91. The normalized spacial score (nSPS) is 14.3. The summed E-state index contributed by atoms with van der Waals surface area (Å²) in [5.41, 5.74) is 0.533. The number of carbonyl (C=O) groups excluding carboxylic acids is 1. The van der Waals surface area contributed by atoms with Crippen molar-refractivity contribution in [3.05, 3.63) is 62.4 Å². The van der Waals surface area contributed by atoms with Gasteiger partial charge in [-0.25, -0.2) is 4.98 Å². The van der Waals surface area contributed by atoms with Gasteiger partial charge in [-0.2, -0.15) is 0 Å². The topological polar surface area (TPSA) is 74.8 Å². The fraction of sp³-hybridized carbons (Fsp3) is 0.176. The van der Waals surface area contributed by atoms with Crippen molar-refractivity contribution in [1.29, 1.82) is 0 Å². The van der Waals surface area contributed by atoms with Crippen LogP contribution in [0.1, 0.15) is 44.4 Å². The SMILES string of the molecule is [2H]c1c(O)c([2H])c2nc(C(C)O)c(C(=O)c3cc(Cl)c(C)c(Br)c3)n2c1[2H]. The molecule has 0 saturated carbocycles. The number of hydrogen-bond acceptors (Lipinski definition) is 4. The number of pyridine rings is 1. The molecule has 1 unspecified atom stereocenters. The molecule has 0 saturated heterocycles. The molecule has 5 nitrogen and oxygen atoms in total.